The monoisotopic (exact) mass is 739 g/mol. The van der Waals surface area contributed by atoms with Crippen LogP contribution in [0.4, 0.5) is 0 Å². The van der Waals surface area contributed by atoms with Gasteiger partial charge in [0.1, 0.15) is 5.75 Å². The first-order chi connectivity index (χ1) is 21.4. The Morgan fingerprint density at radius 3 is 2.45 bits per heavy atom. The predicted octanol–water partition coefficient (Wildman–Crippen LogP) is 6.99. The molecule has 0 bridgehead atoms. The highest BCUT2D eigenvalue weighted by molar-refractivity contribution is 9.10. The molecule has 0 fully saturated rings. The van der Waals surface area contributed by atoms with E-state index in [2.05, 4.69) is 42.7 Å². The van der Waals surface area contributed by atoms with Crippen LogP contribution in [0.5, 0.6) is 5.75 Å². The van der Waals surface area contributed by atoms with Crippen molar-refractivity contribution in [1.29, 1.82) is 0 Å². The van der Waals surface area contributed by atoms with Gasteiger partial charge in [-0.3, -0.25) is 10.2 Å². The highest BCUT2D eigenvalue weighted by Gasteiger charge is 2.54. The number of nitrogens with one attached hydrogen (secondary N) is 2. The van der Waals surface area contributed by atoms with Gasteiger partial charge < -0.3 is 14.6 Å². The van der Waals surface area contributed by atoms with Crippen LogP contribution < -0.4 is 15.6 Å². The molecule has 0 saturated heterocycles. The van der Waals surface area contributed by atoms with E-state index < -0.39 is 11.6 Å². The zero-order valence-electron chi connectivity index (χ0n) is 23.8. The van der Waals surface area contributed by atoms with Crippen LogP contribution in [0.25, 0.3) is 0 Å². The van der Waals surface area contributed by atoms with E-state index >= 15 is 0 Å². The molecule has 0 radical (unpaired) electrons. The van der Waals surface area contributed by atoms with Gasteiger partial charge in [-0.1, -0.05) is 92.0 Å². The summed E-state index contributed by atoms with van der Waals surface area (Å²) >= 11 is 13.5. The van der Waals surface area contributed by atoms with Crippen molar-refractivity contribution in [2.24, 2.45) is 4.99 Å². The van der Waals surface area contributed by atoms with Crippen LogP contribution in [-0.2, 0) is 22.4 Å². The fraction of sp³-hybridized carbons (Fsp3) is 0.235. The molecule has 0 aliphatic carbocycles. The smallest absolute Gasteiger partial charge is 0.266 e. The molecule has 44 heavy (non-hydrogen) atoms. The Hall–Kier alpha value is -3.21. The van der Waals surface area contributed by atoms with Gasteiger partial charge in [0.15, 0.2) is 11.6 Å². The Morgan fingerprint density at radius 2 is 1.73 bits per heavy atom. The largest absolute Gasteiger partial charge is 0.494 e. The zero-order chi connectivity index (χ0) is 30.9. The van der Waals surface area contributed by atoms with Crippen LogP contribution in [0.1, 0.15) is 34.8 Å². The molecule has 4 aromatic rings. The lowest BCUT2D eigenvalue weighted by molar-refractivity contribution is -0.130. The molecule has 0 aromatic heterocycles. The summed E-state index contributed by atoms with van der Waals surface area (Å²) in [5, 5.41) is 9.73. The lowest BCUT2D eigenvalue weighted by Crippen LogP contribution is -2.54. The Labute approximate surface area is 278 Å². The number of carbonyl (C=O) groups is 1. The van der Waals surface area contributed by atoms with E-state index in [-0.39, 0.29) is 18.9 Å². The number of ether oxygens (including phenoxy) is 2. The van der Waals surface area contributed by atoms with Gasteiger partial charge in [-0.2, -0.15) is 0 Å². The number of hydrazine groups is 1. The summed E-state index contributed by atoms with van der Waals surface area (Å²) in [6, 6.07) is 30.6. The van der Waals surface area contributed by atoms with Gasteiger partial charge in [-0.15, -0.1) is 0 Å². The van der Waals surface area contributed by atoms with Gasteiger partial charge in [0.25, 0.3) is 5.91 Å². The molecule has 1 aliphatic heterocycles. The molecular formula is C34H32Br2ClN3O4. The molecule has 0 unspecified atom stereocenters. The minimum Gasteiger partial charge on any atom is -0.494 e. The molecular weight excluding hydrogens is 710 g/mol. The number of nitrogens with zero attached hydrogens (tertiary/aromatic N) is 1. The summed E-state index contributed by atoms with van der Waals surface area (Å²) in [4.78, 5) is 19.5. The number of aliphatic hydroxyl groups is 1. The van der Waals surface area contributed by atoms with Crippen LogP contribution in [0.3, 0.4) is 0 Å². The highest BCUT2D eigenvalue weighted by atomic mass is 79.9. The number of hydrogen-bond acceptors (Lipinski definition) is 6. The maximum atomic E-state index is 14.4. The second-order valence-corrected chi connectivity index (χ2v) is 12.5. The third-order valence-corrected chi connectivity index (χ3v) is 9.00. The average molecular weight is 742 g/mol. The Balaban J connectivity index is 1.49. The summed E-state index contributed by atoms with van der Waals surface area (Å²) in [5.41, 5.74) is 8.17. The quantitative estimate of drug-likeness (QED) is 0.102. The molecule has 10 heteroatoms. The van der Waals surface area contributed by atoms with Crippen molar-refractivity contribution in [1.82, 2.24) is 10.9 Å². The SMILES string of the molecule is O=C(NNCCc1cccc(Cl)c1)[C@@]1(Cc2ccccc2Br)N=C(c2ccc(OCCCO)cc2)O[C@H]1c1ccccc1Br. The number of aliphatic imine (C=N–C) groups is 1. The fourth-order valence-electron chi connectivity index (χ4n) is 5.03. The number of halogens is 3. The number of carbonyl (C=O) groups excluding carboxylic acids is 1. The summed E-state index contributed by atoms with van der Waals surface area (Å²) in [6.45, 7) is 0.972. The minimum atomic E-state index is -1.36. The van der Waals surface area contributed by atoms with E-state index in [9.17, 15) is 4.79 Å². The lowest BCUT2D eigenvalue weighted by Gasteiger charge is -2.31. The normalized spacial score (nSPS) is 17.5. The Morgan fingerprint density at radius 1 is 0.977 bits per heavy atom. The van der Waals surface area contributed by atoms with Crippen molar-refractivity contribution in [3.05, 3.63) is 133 Å². The van der Waals surface area contributed by atoms with Crippen LogP contribution in [0.2, 0.25) is 5.02 Å². The van der Waals surface area contributed by atoms with Crippen molar-refractivity contribution >= 4 is 55.3 Å². The first kappa shape index (κ1) is 32.2. The second-order valence-electron chi connectivity index (χ2n) is 10.3. The highest BCUT2D eigenvalue weighted by Crippen LogP contribution is 2.45. The Kier molecular flexibility index (Phi) is 11.1. The van der Waals surface area contributed by atoms with Crippen LogP contribution in [0.15, 0.2) is 111 Å². The lowest BCUT2D eigenvalue weighted by atomic mass is 9.82. The number of amides is 1. The molecule has 1 heterocycles. The van der Waals surface area contributed by atoms with Crippen molar-refractivity contribution in [2.75, 3.05) is 19.8 Å². The van der Waals surface area contributed by atoms with Crippen LogP contribution in [-0.4, -0.2) is 42.2 Å². The van der Waals surface area contributed by atoms with Crippen molar-refractivity contribution in [2.45, 2.75) is 30.9 Å². The van der Waals surface area contributed by atoms with Gasteiger partial charge in [-0.25, -0.2) is 10.4 Å². The number of rotatable bonds is 13. The first-order valence-electron chi connectivity index (χ1n) is 14.3. The van der Waals surface area contributed by atoms with Gasteiger partial charge in [0.2, 0.25) is 5.90 Å². The van der Waals surface area contributed by atoms with Crippen molar-refractivity contribution in [3.63, 3.8) is 0 Å². The maximum absolute atomic E-state index is 14.4. The molecule has 1 aliphatic rings. The van der Waals surface area contributed by atoms with Crippen LogP contribution >= 0.6 is 43.5 Å². The predicted molar refractivity (Wildman–Crippen MR) is 180 cm³/mol. The van der Waals surface area contributed by atoms with Crippen molar-refractivity contribution < 1.29 is 19.4 Å². The third-order valence-electron chi connectivity index (χ3n) is 7.27. The molecule has 7 nitrogen and oxygen atoms in total. The standard InChI is InChI=1S/C34H32Br2ClN3O4/c35-29-11-3-1-8-25(29)22-34(33(42)40-38-18-17-23-7-5-9-26(37)21-23)31(28-10-2-4-12-30(28)36)44-32(39-34)24-13-15-27(16-14-24)43-20-6-19-41/h1-5,7-16,21,31,38,41H,6,17-20,22H2,(H,40,42)/t31-,34-/m0/s1. The fourth-order valence-corrected chi connectivity index (χ4v) is 6.16. The van der Waals surface area contributed by atoms with E-state index in [4.69, 9.17) is 31.2 Å². The topological polar surface area (TPSA) is 92.2 Å². The average Bonchev–Trinajstić information content (AvgIpc) is 3.41. The van der Waals surface area contributed by atoms with Gasteiger partial charge in [0, 0.05) is 51.1 Å². The van der Waals surface area contributed by atoms with Crippen LogP contribution in [0, 0.1) is 0 Å². The van der Waals surface area contributed by atoms with E-state index in [1.165, 1.54) is 0 Å². The molecule has 228 valence electrons. The molecule has 0 spiro atoms. The molecule has 2 atom stereocenters. The van der Waals surface area contributed by atoms with Gasteiger partial charge in [0.05, 0.1) is 6.61 Å². The maximum Gasteiger partial charge on any atom is 0.266 e. The zero-order valence-corrected chi connectivity index (χ0v) is 27.7. The number of hydrogen-bond donors (Lipinski definition) is 3. The third kappa shape index (κ3) is 7.71. The van der Waals surface area contributed by atoms with Gasteiger partial charge in [-0.05, 0) is 66.1 Å². The van der Waals surface area contributed by atoms with E-state index in [0.717, 1.165) is 25.6 Å². The summed E-state index contributed by atoms with van der Waals surface area (Å²) < 4.78 is 14.0. The van der Waals surface area contributed by atoms with Gasteiger partial charge >= 0.3 is 0 Å². The van der Waals surface area contributed by atoms with E-state index in [1.54, 1.807) is 0 Å². The number of benzene rings is 4. The van der Waals surface area contributed by atoms with Crippen molar-refractivity contribution in [3.8, 4) is 5.75 Å². The molecule has 1 amide bonds. The summed E-state index contributed by atoms with van der Waals surface area (Å²) in [5.74, 6) is 0.706. The number of aliphatic hydroxyl groups excluding tert-OH is 1. The molecule has 3 N–H and O–H groups in total. The first-order valence-corrected chi connectivity index (χ1v) is 16.2. The molecule has 5 rings (SSSR count). The Bertz CT molecular complexity index is 1620. The second kappa shape index (κ2) is 15.2. The molecule has 0 saturated carbocycles. The van der Waals surface area contributed by atoms with E-state index in [1.807, 2.05) is 97.1 Å². The van der Waals surface area contributed by atoms with E-state index in [0.29, 0.717) is 48.2 Å². The summed E-state index contributed by atoms with van der Waals surface area (Å²) in [6.07, 6.45) is 0.748. The summed E-state index contributed by atoms with van der Waals surface area (Å²) in [7, 11) is 0. The molecule has 4 aromatic carbocycles. The minimum absolute atomic E-state index is 0.0658.